The van der Waals surface area contributed by atoms with Crippen LogP contribution in [0.25, 0.3) is 5.57 Å². The highest BCUT2D eigenvalue weighted by Crippen LogP contribution is 2.39. The lowest BCUT2D eigenvalue weighted by molar-refractivity contribution is 0.0738. The van der Waals surface area contributed by atoms with Crippen molar-refractivity contribution in [3.05, 3.63) is 53.7 Å². The number of carbonyl (C=O) groups is 1. The molecular formula is C25H34N2O5Si. The summed E-state index contributed by atoms with van der Waals surface area (Å²) < 4.78 is 11.6. The van der Waals surface area contributed by atoms with Crippen LogP contribution >= 0.6 is 0 Å². The first-order valence-corrected chi connectivity index (χ1v) is 13.9. The predicted octanol–water partition coefficient (Wildman–Crippen LogP) is 4.97. The molecule has 2 aromatic carbocycles. The maximum atomic E-state index is 13.6. The maximum absolute atomic E-state index is 13.6. The van der Waals surface area contributed by atoms with Crippen molar-refractivity contribution in [1.82, 2.24) is 4.90 Å². The van der Waals surface area contributed by atoms with Crippen molar-refractivity contribution in [2.24, 2.45) is 0 Å². The van der Waals surface area contributed by atoms with Crippen molar-refractivity contribution >= 4 is 25.5 Å². The van der Waals surface area contributed by atoms with Crippen LogP contribution in [0.3, 0.4) is 0 Å². The first-order chi connectivity index (χ1) is 15.3. The van der Waals surface area contributed by atoms with Gasteiger partial charge in [-0.2, -0.15) is 0 Å². The minimum Gasteiger partial charge on any atom is -0.508 e. The average molecular weight is 471 g/mol. The first-order valence-electron chi connectivity index (χ1n) is 11.0. The summed E-state index contributed by atoms with van der Waals surface area (Å²) in [7, 11) is -0.605. The number of nitrogens with two attached hydrogens (primary N) is 1. The summed E-state index contributed by atoms with van der Waals surface area (Å²) in [4.78, 5) is 15.3. The van der Waals surface area contributed by atoms with E-state index in [9.17, 15) is 15.0 Å². The standard InChI is InChI=1S/C25H34N2O5Si/c1-25(2,3)33(5,6)32-15-18-11-17(16-7-9-19(28)10-8-16)14-27(18)24(30)20-12-23(31-4)22(29)13-21(20)26/h7-10,12-14,18,28-29H,11,15,26H2,1-6H3. The van der Waals surface area contributed by atoms with E-state index in [0.29, 0.717) is 13.0 Å². The molecule has 0 bridgehead atoms. The monoisotopic (exact) mass is 470 g/mol. The topological polar surface area (TPSA) is 105 Å². The minimum atomic E-state index is -2.03. The number of methoxy groups -OCH3 is 1. The van der Waals surface area contributed by atoms with E-state index in [2.05, 4.69) is 33.9 Å². The van der Waals surface area contributed by atoms with Crippen LogP contribution in [0, 0.1) is 0 Å². The number of anilines is 1. The Morgan fingerprint density at radius 1 is 1.18 bits per heavy atom. The third kappa shape index (κ3) is 5.17. The van der Waals surface area contributed by atoms with Gasteiger partial charge < -0.3 is 30.0 Å². The molecule has 0 aliphatic carbocycles. The molecule has 33 heavy (non-hydrogen) atoms. The number of aromatic hydroxyl groups is 2. The van der Waals surface area contributed by atoms with Gasteiger partial charge in [-0.3, -0.25) is 4.79 Å². The summed E-state index contributed by atoms with van der Waals surface area (Å²) in [5.74, 6) is -0.0369. The van der Waals surface area contributed by atoms with Crippen LogP contribution in [0.4, 0.5) is 5.69 Å². The van der Waals surface area contributed by atoms with Crippen molar-refractivity contribution in [3.8, 4) is 17.2 Å². The molecule has 1 amide bonds. The molecule has 3 rings (SSSR count). The highest BCUT2D eigenvalue weighted by atomic mass is 28.4. The Morgan fingerprint density at radius 3 is 2.39 bits per heavy atom. The third-order valence-electron chi connectivity index (χ3n) is 6.64. The average Bonchev–Trinajstić information content (AvgIpc) is 3.16. The van der Waals surface area contributed by atoms with E-state index in [1.165, 1.54) is 19.2 Å². The van der Waals surface area contributed by atoms with Crippen LogP contribution in [0.15, 0.2) is 42.6 Å². The van der Waals surface area contributed by atoms with Crippen LogP contribution in [0.2, 0.25) is 18.1 Å². The molecule has 0 spiro atoms. The Bertz CT molecular complexity index is 1060. The number of hydrogen-bond donors (Lipinski definition) is 3. The van der Waals surface area contributed by atoms with E-state index < -0.39 is 8.32 Å². The fourth-order valence-corrected chi connectivity index (χ4v) is 4.55. The summed E-state index contributed by atoms with van der Waals surface area (Å²) in [6.07, 6.45) is 2.44. The molecule has 1 atom stereocenters. The second kappa shape index (κ2) is 9.11. The van der Waals surface area contributed by atoms with E-state index in [1.54, 1.807) is 17.0 Å². The number of amides is 1. The Morgan fingerprint density at radius 2 is 1.82 bits per heavy atom. The van der Waals surface area contributed by atoms with Crippen molar-refractivity contribution < 1.29 is 24.2 Å². The predicted molar refractivity (Wildman–Crippen MR) is 133 cm³/mol. The summed E-state index contributed by atoms with van der Waals surface area (Å²) in [5, 5.41) is 19.7. The fourth-order valence-electron chi connectivity index (χ4n) is 3.50. The number of carbonyl (C=O) groups excluding carboxylic acids is 1. The molecule has 0 radical (unpaired) electrons. The van der Waals surface area contributed by atoms with Crippen LogP contribution < -0.4 is 10.5 Å². The molecule has 0 saturated carbocycles. The zero-order valence-corrected chi connectivity index (χ0v) is 21.2. The quantitative estimate of drug-likeness (QED) is 0.407. The van der Waals surface area contributed by atoms with Gasteiger partial charge in [0, 0.05) is 18.0 Å². The molecule has 0 aromatic heterocycles. The van der Waals surface area contributed by atoms with Gasteiger partial charge in [-0.05, 0) is 53.9 Å². The van der Waals surface area contributed by atoms with Crippen molar-refractivity contribution in [2.75, 3.05) is 19.5 Å². The van der Waals surface area contributed by atoms with Gasteiger partial charge in [-0.1, -0.05) is 32.9 Å². The number of nitrogen functional groups attached to an aromatic ring is 1. The molecule has 0 saturated heterocycles. The number of benzene rings is 2. The molecule has 178 valence electrons. The SMILES string of the molecule is COc1cc(C(=O)N2C=C(c3ccc(O)cc3)CC2CO[Si](C)(C)C(C)(C)C)c(N)cc1O. The Balaban J connectivity index is 1.95. The number of rotatable bonds is 6. The molecule has 0 fully saturated rings. The van der Waals surface area contributed by atoms with E-state index >= 15 is 0 Å². The molecule has 1 heterocycles. The van der Waals surface area contributed by atoms with Gasteiger partial charge in [0.05, 0.1) is 25.3 Å². The zero-order chi connectivity index (χ0) is 24.6. The van der Waals surface area contributed by atoms with Crippen molar-refractivity contribution in [1.29, 1.82) is 0 Å². The van der Waals surface area contributed by atoms with Gasteiger partial charge in [0.1, 0.15) is 5.75 Å². The van der Waals surface area contributed by atoms with Crippen LogP contribution in [-0.4, -0.2) is 49.1 Å². The highest BCUT2D eigenvalue weighted by Gasteiger charge is 2.39. The normalized spacial score (nSPS) is 16.6. The summed E-state index contributed by atoms with van der Waals surface area (Å²) in [5.41, 5.74) is 8.41. The van der Waals surface area contributed by atoms with Crippen LogP contribution in [-0.2, 0) is 4.43 Å². The molecule has 2 aromatic rings. The second-order valence-corrected chi connectivity index (χ2v) is 14.8. The lowest BCUT2D eigenvalue weighted by Crippen LogP contribution is -2.45. The Hall–Kier alpha value is -2.97. The van der Waals surface area contributed by atoms with E-state index in [0.717, 1.165) is 11.1 Å². The number of phenolic OH excluding ortho intramolecular Hbond substituents is 2. The van der Waals surface area contributed by atoms with Crippen molar-refractivity contribution in [3.63, 3.8) is 0 Å². The number of nitrogens with zero attached hydrogens (tertiary/aromatic N) is 1. The van der Waals surface area contributed by atoms with E-state index in [-0.39, 0.29) is 45.5 Å². The minimum absolute atomic E-state index is 0.0441. The van der Waals surface area contributed by atoms with Gasteiger partial charge in [0.25, 0.3) is 5.91 Å². The maximum Gasteiger partial charge on any atom is 0.260 e. The molecule has 1 aliphatic heterocycles. The Labute approximate surface area is 196 Å². The summed E-state index contributed by atoms with van der Waals surface area (Å²) >= 11 is 0. The summed E-state index contributed by atoms with van der Waals surface area (Å²) in [6, 6.07) is 9.50. The van der Waals surface area contributed by atoms with Gasteiger partial charge in [-0.25, -0.2) is 0 Å². The largest absolute Gasteiger partial charge is 0.508 e. The zero-order valence-electron chi connectivity index (χ0n) is 20.2. The number of phenols is 2. The van der Waals surface area contributed by atoms with Crippen molar-refractivity contribution in [2.45, 2.75) is 51.4 Å². The number of ether oxygens (including phenoxy) is 1. The lowest BCUT2D eigenvalue weighted by Gasteiger charge is -2.38. The first kappa shape index (κ1) is 24.7. The molecule has 8 heteroatoms. The second-order valence-electron chi connectivity index (χ2n) is 9.95. The molecule has 4 N–H and O–H groups in total. The molecular weight excluding hydrogens is 436 g/mol. The molecule has 1 unspecified atom stereocenters. The van der Waals surface area contributed by atoms with Crippen LogP contribution in [0.1, 0.15) is 43.1 Å². The van der Waals surface area contributed by atoms with Gasteiger partial charge in [-0.15, -0.1) is 0 Å². The third-order valence-corrected chi connectivity index (χ3v) is 11.1. The molecule has 7 nitrogen and oxygen atoms in total. The van der Waals surface area contributed by atoms with Gasteiger partial charge in [0.15, 0.2) is 19.8 Å². The summed E-state index contributed by atoms with van der Waals surface area (Å²) in [6.45, 7) is 11.3. The smallest absolute Gasteiger partial charge is 0.260 e. The van der Waals surface area contributed by atoms with Gasteiger partial charge >= 0.3 is 0 Å². The lowest BCUT2D eigenvalue weighted by atomic mass is 10.0. The van der Waals surface area contributed by atoms with E-state index in [4.69, 9.17) is 14.9 Å². The van der Waals surface area contributed by atoms with Gasteiger partial charge in [0.2, 0.25) is 0 Å². The Kier molecular flexibility index (Phi) is 6.81. The highest BCUT2D eigenvalue weighted by molar-refractivity contribution is 6.74. The van der Waals surface area contributed by atoms with E-state index in [1.807, 2.05) is 18.3 Å². The van der Waals surface area contributed by atoms with Crippen LogP contribution in [0.5, 0.6) is 17.2 Å². The fraction of sp³-hybridized carbons (Fsp3) is 0.400. The number of hydrogen-bond acceptors (Lipinski definition) is 6. The molecule has 1 aliphatic rings.